The summed E-state index contributed by atoms with van der Waals surface area (Å²) in [5.74, 6) is 0.905. The highest BCUT2D eigenvalue weighted by molar-refractivity contribution is 5.35. The summed E-state index contributed by atoms with van der Waals surface area (Å²) < 4.78 is 5.61. The van der Waals surface area contributed by atoms with Crippen LogP contribution in [0.2, 0.25) is 0 Å². The van der Waals surface area contributed by atoms with Crippen molar-refractivity contribution < 1.29 is 9.84 Å². The molecule has 1 fully saturated rings. The molecular weight excluding hydrogens is 346 g/mol. The van der Waals surface area contributed by atoms with E-state index in [1.54, 1.807) is 0 Å². The van der Waals surface area contributed by atoms with Crippen molar-refractivity contribution in [2.45, 2.75) is 57.5 Å². The van der Waals surface area contributed by atoms with Crippen molar-refractivity contribution in [3.8, 4) is 5.75 Å². The number of hydrogen-bond acceptors (Lipinski definition) is 3. The zero-order valence-electron chi connectivity index (χ0n) is 17.4. The van der Waals surface area contributed by atoms with Crippen molar-refractivity contribution in [3.63, 3.8) is 0 Å². The molecule has 0 amide bonds. The predicted octanol–water partition coefficient (Wildman–Crippen LogP) is 5.34. The van der Waals surface area contributed by atoms with Crippen LogP contribution in [0.25, 0.3) is 0 Å². The number of piperidine rings is 1. The Morgan fingerprint density at radius 2 is 1.64 bits per heavy atom. The topological polar surface area (TPSA) is 32.7 Å². The fourth-order valence-electron chi connectivity index (χ4n) is 4.53. The molecule has 152 valence electrons. The van der Waals surface area contributed by atoms with Gasteiger partial charge in [0.25, 0.3) is 0 Å². The number of nitrogens with zero attached hydrogens (tertiary/aromatic N) is 1. The lowest BCUT2D eigenvalue weighted by molar-refractivity contribution is -0.0152. The van der Waals surface area contributed by atoms with E-state index in [1.165, 1.54) is 24.8 Å². The predicted molar refractivity (Wildman–Crippen MR) is 116 cm³/mol. The minimum atomic E-state index is -0.891. The molecule has 1 aliphatic rings. The summed E-state index contributed by atoms with van der Waals surface area (Å²) in [5.41, 5.74) is 1.32. The van der Waals surface area contributed by atoms with E-state index in [0.717, 1.165) is 43.8 Å². The molecule has 0 bridgehead atoms. The van der Waals surface area contributed by atoms with Crippen LogP contribution in [-0.2, 0) is 5.60 Å². The number of benzene rings is 2. The lowest BCUT2D eigenvalue weighted by atomic mass is 9.74. The Balaban J connectivity index is 1.96. The van der Waals surface area contributed by atoms with Gasteiger partial charge in [0.1, 0.15) is 5.75 Å². The maximum atomic E-state index is 12.1. The van der Waals surface area contributed by atoms with Crippen molar-refractivity contribution in [2.24, 2.45) is 0 Å². The van der Waals surface area contributed by atoms with Gasteiger partial charge in [-0.15, -0.1) is 0 Å². The van der Waals surface area contributed by atoms with Gasteiger partial charge in [0.2, 0.25) is 0 Å². The van der Waals surface area contributed by atoms with Crippen LogP contribution >= 0.6 is 0 Å². The molecule has 2 aromatic rings. The average Bonchev–Trinajstić information content (AvgIpc) is 2.74. The molecule has 3 heteroatoms. The van der Waals surface area contributed by atoms with E-state index in [2.05, 4.69) is 42.2 Å². The molecule has 1 aliphatic heterocycles. The zero-order chi connectivity index (χ0) is 19.8. The van der Waals surface area contributed by atoms with Crippen LogP contribution in [-0.4, -0.2) is 36.2 Å². The van der Waals surface area contributed by atoms with Gasteiger partial charge in [-0.3, -0.25) is 0 Å². The number of rotatable bonds is 9. The highest BCUT2D eigenvalue weighted by Gasteiger charge is 2.39. The zero-order valence-corrected chi connectivity index (χ0v) is 17.4. The average molecular weight is 382 g/mol. The third-order valence-electron chi connectivity index (χ3n) is 5.96. The first-order valence-corrected chi connectivity index (χ1v) is 10.9. The Bertz CT molecular complexity index is 694. The first kappa shape index (κ1) is 20.9. The van der Waals surface area contributed by atoms with E-state index in [-0.39, 0.29) is 5.92 Å². The van der Waals surface area contributed by atoms with Gasteiger partial charge >= 0.3 is 0 Å². The molecule has 1 saturated heterocycles. The second-order valence-corrected chi connectivity index (χ2v) is 7.96. The van der Waals surface area contributed by atoms with Crippen molar-refractivity contribution >= 4 is 0 Å². The summed E-state index contributed by atoms with van der Waals surface area (Å²) in [7, 11) is 0. The van der Waals surface area contributed by atoms with Crippen LogP contribution in [0, 0.1) is 0 Å². The quantitative estimate of drug-likeness (QED) is 0.636. The van der Waals surface area contributed by atoms with Crippen molar-refractivity contribution in [2.75, 3.05) is 26.2 Å². The molecule has 0 spiro atoms. The Morgan fingerprint density at radius 1 is 0.964 bits per heavy atom. The van der Waals surface area contributed by atoms with Crippen molar-refractivity contribution in [1.29, 1.82) is 0 Å². The van der Waals surface area contributed by atoms with Crippen LogP contribution in [0.3, 0.4) is 0 Å². The molecule has 1 heterocycles. The summed E-state index contributed by atoms with van der Waals surface area (Å²) in [6, 6.07) is 18.6. The van der Waals surface area contributed by atoms with Gasteiger partial charge in [0, 0.05) is 12.5 Å². The highest BCUT2D eigenvalue weighted by atomic mass is 16.5. The van der Waals surface area contributed by atoms with E-state index < -0.39 is 5.60 Å². The van der Waals surface area contributed by atoms with E-state index in [1.807, 2.05) is 31.2 Å². The summed E-state index contributed by atoms with van der Waals surface area (Å²) >= 11 is 0. The molecular formula is C25H35NO2. The summed E-state index contributed by atoms with van der Waals surface area (Å²) in [5, 5.41) is 12.1. The first-order chi connectivity index (χ1) is 13.7. The molecule has 0 saturated carbocycles. The molecule has 0 radical (unpaired) electrons. The van der Waals surface area contributed by atoms with Crippen LogP contribution in [0.4, 0.5) is 0 Å². The minimum absolute atomic E-state index is 0.0460. The van der Waals surface area contributed by atoms with Crippen molar-refractivity contribution in [1.82, 2.24) is 4.90 Å². The molecule has 3 nitrogen and oxygen atoms in total. The lowest BCUT2D eigenvalue weighted by Gasteiger charge is -2.41. The summed E-state index contributed by atoms with van der Waals surface area (Å²) in [6.45, 7) is 7.96. The SMILES string of the molecule is CCCC(O)(c1ccc(OCC)cc1)C(CN1CCCCC1)c1ccccc1. The van der Waals surface area contributed by atoms with Crippen LogP contribution in [0.1, 0.15) is 63.0 Å². The van der Waals surface area contributed by atoms with Crippen LogP contribution in [0.15, 0.2) is 54.6 Å². The van der Waals surface area contributed by atoms with E-state index >= 15 is 0 Å². The second kappa shape index (κ2) is 10.1. The largest absolute Gasteiger partial charge is 0.494 e. The third-order valence-corrected chi connectivity index (χ3v) is 5.96. The fourth-order valence-corrected chi connectivity index (χ4v) is 4.53. The smallest absolute Gasteiger partial charge is 0.119 e. The Hall–Kier alpha value is -1.84. The maximum Gasteiger partial charge on any atom is 0.119 e. The van der Waals surface area contributed by atoms with Gasteiger partial charge in [-0.05, 0) is 62.5 Å². The number of hydrogen-bond donors (Lipinski definition) is 1. The Labute approximate surface area is 170 Å². The molecule has 0 aliphatic carbocycles. The Kier molecular flexibility index (Phi) is 7.52. The first-order valence-electron chi connectivity index (χ1n) is 10.9. The van der Waals surface area contributed by atoms with Gasteiger partial charge in [-0.1, -0.05) is 62.2 Å². The summed E-state index contributed by atoms with van der Waals surface area (Å²) in [4.78, 5) is 2.54. The monoisotopic (exact) mass is 381 g/mol. The van der Waals surface area contributed by atoms with Gasteiger partial charge in [0.05, 0.1) is 12.2 Å². The molecule has 28 heavy (non-hydrogen) atoms. The molecule has 2 unspecified atom stereocenters. The Morgan fingerprint density at radius 3 is 2.25 bits per heavy atom. The third kappa shape index (κ3) is 4.95. The van der Waals surface area contributed by atoms with Crippen molar-refractivity contribution in [3.05, 3.63) is 65.7 Å². The van der Waals surface area contributed by atoms with Gasteiger partial charge in [0.15, 0.2) is 0 Å². The molecule has 2 aromatic carbocycles. The number of ether oxygens (including phenoxy) is 1. The highest BCUT2D eigenvalue weighted by Crippen LogP contribution is 2.42. The second-order valence-electron chi connectivity index (χ2n) is 7.96. The number of aliphatic hydroxyl groups is 1. The lowest BCUT2D eigenvalue weighted by Crippen LogP contribution is -2.42. The summed E-state index contributed by atoms with van der Waals surface area (Å²) in [6.07, 6.45) is 5.53. The standard InChI is InChI=1S/C25H35NO2/c1-3-17-25(27,22-13-15-23(16-14-22)28-4-2)24(21-11-7-5-8-12-21)20-26-18-9-6-10-19-26/h5,7-8,11-16,24,27H,3-4,6,9-10,17-20H2,1-2H3. The van der Waals surface area contributed by atoms with Gasteiger partial charge < -0.3 is 14.7 Å². The molecule has 1 N–H and O–H groups in total. The molecule has 2 atom stereocenters. The maximum absolute atomic E-state index is 12.1. The van der Waals surface area contributed by atoms with Crippen LogP contribution < -0.4 is 4.74 Å². The van der Waals surface area contributed by atoms with E-state index in [9.17, 15) is 5.11 Å². The minimum Gasteiger partial charge on any atom is -0.494 e. The normalized spacial score (nSPS) is 18.4. The number of likely N-dealkylation sites (tertiary alicyclic amines) is 1. The fraction of sp³-hybridized carbons (Fsp3) is 0.520. The molecule has 3 rings (SSSR count). The molecule has 0 aromatic heterocycles. The van der Waals surface area contributed by atoms with E-state index in [0.29, 0.717) is 6.61 Å². The van der Waals surface area contributed by atoms with E-state index in [4.69, 9.17) is 4.74 Å². The van der Waals surface area contributed by atoms with Gasteiger partial charge in [-0.2, -0.15) is 0 Å². The van der Waals surface area contributed by atoms with Gasteiger partial charge in [-0.25, -0.2) is 0 Å². The van der Waals surface area contributed by atoms with Crippen LogP contribution in [0.5, 0.6) is 5.75 Å².